The fourth-order valence-corrected chi connectivity index (χ4v) is 1.25. The molecular weight excluding hydrogens is 364 g/mol. The van der Waals surface area contributed by atoms with Crippen LogP contribution in [-0.2, 0) is 9.47 Å². The molecule has 1 fully saturated rings. The second kappa shape index (κ2) is 7.51. The van der Waals surface area contributed by atoms with Crippen LogP contribution in [0.25, 0.3) is 0 Å². The van der Waals surface area contributed by atoms with Crippen molar-refractivity contribution in [3.8, 4) is 35.5 Å². The summed E-state index contributed by atoms with van der Waals surface area (Å²) in [6.45, 7) is 3.54. The Bertz CT molecular complexity index is 636. The Morgan fingerprint density at radius 2 is 1.16 bits per heavy atom. The molecule has 0 aromatic rings. The largest absolute Gasteiger partial charge is 0.458 e. The van der Waals surface area contributed by atoms with Gasteiger partial charge in [-0.2, -0.15) is 26.3 Å². The molecule has 1 aliphatic heterocycles. The van der Waals surface area contributed by atoms with Crippen LogP contribution < -0.4 is 0 Å². The van der Waals surface area contributed by atoms with E-state index in [1.54, 1.807) is 13.8 Å². The van der Waals surface area contributed by atoms with Gasteiger partial charge in [-0.3, -0.25) is 9.47 Å². The average molecular weight is 376 g/mol. The Kier molecular flexibility index (Phi) is 6.92. The summed E-state index contributed by atoms with van der Waals surface area (Å²) in [7, 11) is 0. The van der Waals surface area contributed by atoms with Gasteiger partial charge in [-0.25, -0.2) is 8.78 Å². The third kappa shape index (κ3) is 5.01. The maximum Gasteiger partial charge on any atom is 0.458 e. The smallest absolute Gasteiger partial charge is 0.293 e. The molecule has 2 nitrogen and oxygen atoms in total. The summed E-state index contributed by atoms with van der Waals surface area (Å²) >= 11 is 0. The first kappa shape index (κ1) is 23.0. The Morgan fingerprint density at radius 1 is 0.760 bits per heavy atom. The van der Waals surface area contributed by atoms with E-state index in [0.717, 1.165) is 0 Å². The van der Waals surface area contributed by atoms with Gasteiger partial charge in [0, 0.05) is 6.92 Å². The van der Waals surface area contributed by atoms with E-state index in [-0.39, 0.29) is 13.8 Å². The van der Waals surface area contributed by atoms with E-state index in [9.17, 15) is 35.1 Å². The van der Waals surface area contributed by atoms with Crippen molar-refractivity contribution in [3.05, 3.63) is 0 Å². The van der Waals surface area contributed by atoms with Crippen LogP contribution in [0.5, 0.6) is 0 Å². The highest BCUT2D eigenvalue weighted by Crippen LogP contribution is 2.58. The molecule has 2 atom stereocenters. The number of alkyl halides is 8. The molecule has 1 heterocycles. The minimum absolute atomic E-state index is 0.0365. The zero-order valence-electron chi connectivity index (χ0n) is 13.3. The fraction of sp³-hybridized carbons (Fsp3) is 0.600. The third-order valence-corrected chi connectivity index (χ3v) is 2.63. The number of rotatable bonds is 1. The van der Waals surface area contributed by atoms with Crippen LogP contribution >= 0.6 is 0 Å². The first-order valence-corrected chi connectivity index (χ1v) is 6.33. The van der Waals surface area contributed by atoms with Crippen molar-refractivity contribution in [3.63, 3.8) is 0 Å². The zero-order valence-corrected chi connectivity index (χ0v) is 13.3. The van der Waals surface area contributed by atoms with Gasteiger partial charge in [0.15, 0.2) is 0 Å². The average Bonchev–Trinajstić information content (AvgIpc) is 2.62. The molecular formula is C15H12F8O2. The van der Waals surface area contributed by atoms with Gasteiger partial charge in [0.05, 0.1) is 0 Å². The van der Waals surface area contributed by atoms with Gasteiger partial charge >= 0.3 is 18.1 Å². The normalized spacial score (nSPS) is 27.4. The van der Waals surface area contributed by atoms with E-state index in [1.165, 1.54) is 0 Å². The van der Waals surface area contributed by atoms with Crippen molar-refractivity contribution in [2.24, 2.45) is 0 Å². The van der Waals surface area contributed by atoms with E-state index in [1.807, 2.05) is 0 Å². The highest BCUT2D eigenvalue weighted by atomic mass is 19.4. The van der Waals surface area contributed by atoms with E-state index < -0.39 is 29.8 Å². The highest BCUT2D eigenvalue weighted by Gasteiger charge is 2.84. The van der Waals surface area contributed by atoms with Gasteiger partial charge < -0.3 is 0 Å². The molecule has 1 aliphatic rings. The molecule has 1 rings (SSSR count). The van der Waals surface area contributed by atoms with E-state index in [4.69, 9.17) is 0 Å². The lowest BCUT2D eigenvalue weighted by Gasteiger charge is -2.29. The second-order valence-electron chi connectivity index (χ2n) is 4.65. The molecule has 25 heavy (non-hydrogen) atoms. The van der Waals surface area contributed by atoms with Gasteiger partial charge in [-0.15, -0.1) is 0 Å². The van der Waals surface area contributed by atoms with E-state index in [2.05, 4.69) is 45.0 Å². The Labute approximate surface area is 138 Å². The van der Waals surface area contributed by atoms with E-state index in [0.29, 0.717) is 0 Å². The summed E-state index contributed by atoms with van der Waals surface area (Å²) in [5.74, 6) is 1.91. The quantitative estimate of drug-likeness (QED) is 0.503. The Balaban J connectivity index is 0.000000609. The lowest BCUT2D eigenvalue weighted by molar-refractivity contribution is -0.395. The molecule has 10 heteroatoms. The molecule has 0 bridgehead atoms. The van der Waals surface area contributed by atoms with Crippen LogP contribution in [0.1, 0.15) is 27.7 Å². The predicted molar refractivity (Wildman–Crippen MR) is 70.7 cm³/mol. The molecule has 2 unspecified atom stereocenters. The van der Waals surface area contributed by atoms with Crippen LogP contribution in [0, 0.1) is 35.5 Å². The maximum absolute atomic E-state index is 13.1. The first-order chi connectivity index (χ1) is 11.1. The molecule has 0 radical (unpaired) electrons. The van der Waals surface area contributed by atoms with Crippen LogP contribution in [-0.4, -0.2) is 29.8 Å². The van der Waals surface area contributed by atoms with Crippen molar-refractivity contribution < 1.29 is 44.6 Å². The number of ether oxygens (including phenoxy) is 2. The van der Waals surface area contributed by atoms with Crippen LogP contribution in [0.4, 0.5) is 35.1 Å². The molecule has 0 saturated carbocycles. The topological polar surface area (TPSA) is 18.5 Å². The molecule has 0 amide bonds. The van der Waals surface area contributed by atoms with Crippen molar-refractivity contribution in [2.75, 3.05) is 0 Å². The van der Waals surface area contributed by atoms with Crippen LogP contribution in [0.15, 0.2) is 0 Å². The summed E-state index contributed by atoms with van der Waals surface area (Å²) in [5.41, 5.74) is 0. The summed E-state index contributed by atoms with van der Waals surface area (Å²) in [5, 5.41) is 0. The first-order valence-electron chi connectivity index (χ1n) is 6.33. The zero-order chi connectivity index (χ0) is 20.2. The molecule has 0 aromatic carbocycles. The predicted octanol–water partition coefficient (Wildman–Crippen LogP) is 4.26. The number of hydrogen-bond donors (Lipinski definition) is 0. The van der Waals surface area contributed by atoms with Gasteiger partial charge in [0.1, 0.15) is 0 Å². The summed E-state index contributed by atoms with van der Waals surface area (Å²) in [4.78, 5) is 0. The number of halogens is 8. The van der Waals surface area contributed by atoms with Gasteiger partial charge in [0.25, 0.3) is 5.92 Å². The van der Waals surface area contributed by atoms with Crippen LogP contribution in [0.3, 0.4) is 0 Å². The highest BCUT2D eigenvalue weighted by molar-refractivity contribution is 5.34. The summed E-state index contributed by atoms with van der Waals surface area (Å²) in [6, 6.07) is 0. The van der Waals surface area contributed by atoms with E-state index >= 15 is 0 Å². The fourth-order valence-electron chi connectivity index (χ4n) is 1.25. The van der Waals surface area contributed by atoms with Crippen molar-refractivity contribution in [2.45, 2.75) is 57.5 Å². The molecule has 0 aromatic heterocycles. The van der Waals surface area contributed by atoms with Gasteiger partial charge in [-0.1, -0.05) is 11.8 Å². The molecule has 0 N–H and O–H groups in total. The maximum atomic E-state index is 13.1. The minimum atomic E-state index is -6.22. The molecule has 0 aliphatic carbocycles. The summed E-state index contributed by atoms with van der Waals surface area (Å²) in [6.07, 6.45) is -11.8. The monoisotopic (exact) mass is 376 g/mol. The van der Waals surface area contributed by atoms with Crippen LogP contribution in [0.2, 0.25) is 0 Å². The lowest BCUT2D eigenvalue weighted by atomic mass is 10.2. The Hall–Kier alpha value is -1.96. The van der Waals surface area contributed by atoms with Crippen molar-refractivity contribution >= 4 is 0 Å². The second-order valence-corrected chi connectivity index (χ2v) is 4.65. The minimum Gasteiger partial charge on any atom is -0.293 e. The van der Waals surface area contributed by atoms with Crippen molar-refractivity contribution in [1.82, 2.24) is 0 Å². The lowest BCUT2D eigenvalue weighted by Crippen LogP contribution is -2.53. The molecule has 1 saturated heterocycles. The SMILES string of the molecule is CC#CC#CC#CC.CC(F)(F)C1(C)OC(F)(F)C(F)(C(F)(F)F)O1. The summed E-state index contributed by atoms with van der Waals surface area (Å²) < 4.78 is 107. The molecule has 140 valence electrons. The number of hydrogen-bond acceptors (Lipinski definition) is 2. The van der Waals surface area contributed by atoms with Gasteiger partial charge in [-0.05, 0) is 44.5 Å². The van der Waals surface area contributed by atoms with Crippen molar-refractivity contribution in [1.29, 1.82) is 0 Å². The van der Waals surface area contributed by atoms with Gasteiger partial charge in [0.2, 0.25) is 5.79 Å². The molecule has 0 spiro atoms. The third-order valence-electron chi connectivity index (χ3n) is 2.63. The standard InChI is InChI=1S/C8H6.C7H6F8O2/c1-3-5-7-8-6-4-2;1-3(8,9)4(2)16-5(10,6(11,12)13)7(14,15)17-4/h1-2H3;1-2H3. The Morgan fingerprint density at radius 3 is 1.36 bits per heavy atom.